The fraction of sp³-hybridized carbons (Fsp3) is 0.455. The highest BCUT2D eigenvalue weighted by atomic mass is 15.3. The van der Waals surface area contributed by atoms with E-state index in [2.05, 4.69) is 85.7 Å². The Labute approximate surface area is 145 Å². The van der Waals surface area contributed by atoms with E-state index >= 15 is 0 Å². The molecule has 0 saturated carbocycles. The van der Waals surface area contributed by atoms with Gasteiger partial charge in [-0.2, -0.15) is 0 Å². The van der Waals surface area contributed by atoms with E-state index in [1.807, 2.05) is 0 Å². The molecule has 1 aliphatic heterocycles. The number of aryl methyl sites for hydroxylation is 1. The summed E-state index contributed by atoms with van der Waals surface area (Å²) in [7, 11) is 2.28. The van der Waals surface area contributed by atoms with Crippen LogP contribution >= 0.6 is 0 Å². The first-order valence-electron chi connectivity index (χ1n) is 9.17. The Hall–Kier alpha value is -1.64. The van der Waals surface area contributed by atoms with Gasteiger partial charge in [0.2, 0.25) is 0 Å². The lowest BCUT2D eigenvalue weighted by Gasteiger charge is -2.59. The average molecular weight is 320 g/mol. The zero-order valence-corrected chi connectivity index (χ0v) is 15.0. The van der Waals surface area contributed by atoms with Crippen molar-refractivity contribution in [2.45, 2.75) is 43.7 Å². The van der Waals surface area contributed by atoms with E-state index in [0.29, 0.717) is 5.92 Å². The topological polar surface area (TPSA) is 15.3 Å². The molecular formula is C22H28N2. The zero-order valence-electron chi connectivity index (χ0n) is 15.0. The fourth-order valence-electron chi connectivity index (χ4n) is 5.13. The monoisotopic (exact) mass is 320 g/mol. The maximum absolute atomic E-state index is 4.01. The minimum absolute atomic E-state index is 0.0364. The van der Waals surface area contributed by atoms with Crippen molar-refractivity contribution >= 4 is 0 Å². The lowest BCUT2D eigenvalue weighted by molar-refractivity contribution is -0.0140. The molecule has 1 fully saturated rings. The van der Waals surface area contributed by atoms with Gasteiger partial charge in [-0.25, -0.2) is 0 Å². The summed E-state index contributed by atoms with van der Waals surface area (Å²) in [5.74, 6) is 0.508. The summed E-state index contributed by atoms with van der Waals surface area (Å²) < 4.78 is 0. The summed E-state index contributed by atoms with van der Waals surface area (Å²) in [5.41, 5.74) is 4.46. The molecule has 0 amide bonds. The van der Waals surface area contributed by atoms with Gasteiger partial charge in [0.05, 0.1) is 5.54 Å². The molecule has 0 bridgehead atoms. The molecule has 126 valence electrons. The highest BCUT2D eigenvalue weighted by molar-refractivity contribution is 5.44. The standard InChI is InChI=1S/C22H28N2/c1-21(2)22(23-15-16-24(21)3,18-10-5-4-6-11-18)20-14-13-17-9-7-8-12-19(17)20/h4-12,20,23H,13-16H2,1-3H3. The van der Waals surface area contributed by atoms with Crippen molar-refractivity contribution in [3.05, 3.63) is 71.3 Å². The molecule has 0 spiro atoms. The SMILES string of the molecule is CN1CCNC(c2ccccc2)(C2CCc3ccccc32)C1(C)C. The third-order valence-electron chi connectivity index (χ3n) is 6.66. The molecule has 1 saturated heterocycles. The molecule has 1 N–H and O–H groups in total. The Balaban J connectivity index is 1.93. The first-order valence-corrected chi connectivity index (χ1v) is 9.17. The van der Waals surface area contributed by atoms with Crippen LogP contribution in [0.4, 0.5) is 0 Å². The van der Waals surface area contributed by atoms with Gasteiger partial charge in [0.1, 0.15) is 0 Å². The summed E-state index contributed by atoms with van der Waals surface area (Å²) >= 11 is 0. The number of piperazine rings is 1. The number of benzene rings is 2. The number of hydrogen-bond donors (Lipinski definition) is 1. The van der Waals surface area contributed by atoms with Gasteiger partial charge in [-0.1, -0.05) is 54.6 Å². The Morgan fingerprint density at radius 3 is 2.50 bits per heavy atom. The Kier molecular flexibility index (Phi) is 3.78. The van der Waals surface area contributed by atoms with Gasteiger partial charge in [0.15, 0.2) is 0 Å². The van der Waals surface area contributed by atoms with Crippen LogP contribution in [-0.2, 0) is 12.0 Å². The Morgan fingerprint density at radius 2 is 1.71 bits per heavy atom. The lowest BCUT2D eigenvalue weighted by Crippen LogP contribution is -2.71. The van der Waals surface area contributed by atoms with E-state index < -0.39 is 0 Å². The molecule has 2 aromatic rings. The molecule has 2 heteroatoms. The van der Waals surface area contributed by atoms with Gasteiger partial charge in [-0.15, -0.1) is 0 Å². The Bertz CT molecular complexity index is 722. The van der Waals surface area contributed by atoms with Gasteiger partial charge in [0.25, 0.3) is 0 Å². The van der Waals surface area contributed by atoms with E-state index in [1.54, 1.807) is 0 Å². The normalized spacial score (nSPS) is 29.4. The first kappa shape index (κ1) is 15.9. The predicted molar refractivity (Wildman–Crippen MR) is 100 cm³/mol. The van der Waals surface area contributed by atoms with Crippen LogP contribution in [0.1, 0.15) is 42.9 Å². The van der Waals surface area contributed by atoms with E-state index in [9.17, 15) is 0 Å². The van der Waals surface area contributed by atoms with Crippen molar-refractivity contribution in [3.63, 3.8) is 0 Å². The molecule has 2 aliphatic rings. The zero-order chi connectivity index (χ0) is 16.8. The molecule has 2 aromatic carbocycles. The summed E-state index contributed by atoms with van der Waals surface area (Å²) in [6.45, 7) is 6.95. The van der Waals surface area contributed by atoms with Crippen molar-refractivity contribution in [3.8, 4) is 0 Å². The van der Waals surface area contributed by atoms with Crippen LogP contribution < -0.4 is 5.32 Å². The molecule has 0 radical (unpaired) electrons. The molecule has 1 aliphatic carbocycles. The molecule has 0 aromatic heterocycles. The summed E-state index contributed by atoms with van der Waals surface area (Å²) in [5, 5.41) is 4.01. The van der Waals surface area contributed by atoms with Crippen molar-refractivity contribution in [2.75, 3.05) is 20.1 Å². The van der Waals surface area contributed by atoms with Gasteiger partial charge in [-0.3, -0.25) is 4.90 Å². The van der Waals surface area contributed by atoms with Crippen molar-refractivity contribution in [2.24, 2.45) is 0 Å². The molecule has 4 rings (SSSR count). The molecule has 2 unspecified atom stereocenters. The number of nitrogens with one attached hydrogen (secondary N) is 1. The van der Waals surface area contributed by atoms with Crippen LogP contribution in [0.25, 0.3) is 0 Å². The number of nitrogens with zero attached hydrogens (tertiary/aromatic N) is 1. The second kappa shape index (κ2) is 5.72. The first-order chi connectivity index (χ1) is 11.6. The smallest absolute Gasteiger partial charge is 0.0685 e. The molecule has 24 heavy (non-hydrogen) atoms. The quantitative estimate of drug-likeness (QED) is 0.902. The minimum Gasteiger partial charge on any atom is -0.304 e. The second-order valence-electron chi connectivity index (χ2n) is 7.87. The lowest BCUT2D eigenvalue weighted by atomic mass is 9.62. The number of hydrogen-bond acceptors (Lipinski definition) is 2. The number of rotatable bonds is 2. The van der Waals surface area contributed by atoms with Crippen molar-refractivity contribution in [1.29, 1.82) is 0 Å². The van der Waals surface area contributed by atoms with E-state index in [1.165, 1.54) is 29.5 Å². The Morgan fingerprint density at radius 1 is 1.00 bits per heavy atom. The second-order valence-corrected chi connectivity index (χ2v) is 7.87. The van der Waals surface area contributed by atoms with Crippen LogP contribution in [0, 0.1) is 0 Å². The van der Waals surface area contributed by atoms with Crippen LogP contribution in [-0.4, -0.2) is 30.6 Å². The van der Waals surface area contributed by atoms with Gasteiger partial charge in [0, 0.05) is 24.5 Å². The number of fused-ring (bicyclic) bond motifs is 1. The average Bonchev–Trinajstić information content (AvgIpc) is 3.03. The van der Waals surface area contributed by atoms with Gasteiger partial charge >= 0.3 is 0 Å². The third kappa shape index (κ3) is 2.09. The minimum atomic E-state index is -0.0616. The maximum Gasteiger partial charge on any atom is 0.0685 e. The molecule has 1 heterocycles. The van der Waals surface area contributed by atoms with Crippen LogP contribution in [0.15, 0.2) is 54.6 Å². The summed E-state index contributed by atoms with van der Waals surface area (Å²) in [6.07, 6.45) is 2.41. The number of likely N-dealkylation sites (N-methyl/N-ethyl adjacent to an activating group) is 1. The van der Waals surface area contributed by atoms with Crippen LogP contribution in [0.2, 0.25) is 0 Å². The maximum atomic E-state index is 4.01. The van der Waals surface area contributed by atoms with Crippen LogP contribution in [0.5, 0.6) is 0 Å². The van der Waals surface area contributed by atoms with E-state index in [0.717, 1.165) is 13.1 Å². The van der Waals surface area contributed by atoms with Crippen LogP contribution in [0.3, 0.4) is 0 Å². The molecular weight excluding hydrogens is 292 g/mol. The van der Waals surface area contributed by atoms with E-state index in [-0.39, 0.29) is 11.1 Å². The van der Waals surface area contributed by atoms with Crippen molar-refractivity contribution < 1.29 is 0 Å². The highest BCUT2D eigenvalue weighted by Gasteiger charge is 2.56. The van der Waals surface area contributed by atoms with Gasteiger partial charge < -0.3 is 5.32 Å². The highest BCUT2D eigenvalue weighted by Crippen LogP contribution is 2.53. The van der Waals surface area contributed by atoms with Gasteiger partial charge in [-0.05, 0) is 50.4 Å². The molecule has 2 nitrogen and oxygen atoms in total. The van der Waals surface area contributed by atoms with E-state index in [4.69, 9.17) is 0 Å². The fourth-order valence-corrected chi connectivity index (χ4v) is 5.13. The third-order valence-corrected chi connectivity index (χ3v) is 6.66. The summed E-state index contributed by atoms with van der Waals surface area (Å²) in [4.78, 5) is 2.54. The predicted octanol–water partition coefficient (Wildman–Crippen LogP) is 3.93. The largest absolute Gasteiger partial charge is 0.304 e. The van der Waals surface area contributed by atoms with Crippen molar-refractivity contribution in [1.82, 2.24) is 10.2 Å². The summed E-state index contributed by atoms with van der Waals surface area (Å²) in [6, 6.07) is 20.2. The molecule has 2 atom stereocenters.